The molecule has 0 aliphatic rings. The Labute approximate surface area is 134 Å². The first-order chi connectivity index (χ1) is 10.7. The predicted octanol–water partition coefficient (Wildman–Crippen LogP) is 6.00. The van der Waals surface area contributed by atoms with Gasteiger partial charge in [-0.1, -0.05) is 69.4 Å². The predicted molar refractivity (Wildman–Crippen MR) is 90.4 cm³/mol. The lowest BCUT2D eigenvalue weighted by Gasteiger charge is -2.17. The average Bonchev–Trinajstić information content (AvgIpc) is 2.53. The summed E-state index contributed by atoms with van der Waals surface area (Å²) >= 11 is 0. The highest BCUT2D eigenvalue weighted by Gasteiger charge is 2.11. The second-order valence-corrected chi connectivity index (χ2v) is 5.92. The van der Waals surface area contributed by atoms with E-state index < -0.39 is 6.16 Å². The summed E-state index contributed by atoms with van der Waals surface area (Å²) in [6, 6.07) is 10.7. The lowest BCUT2D eigenvalue weighted by atomic mass is 9.88. The molecule has 1 unspecified atom stereocenters. The van der Waals surface area contributed by atoms with Crippen LogP contribution in [0.15, 0.2) is 30.3 Å². The number of hydrogen-bond acceptors (Lipinski definition) is 2. The standard InChI is InChI=1S/C19H30O3/c1-2-3-4-5-7-12-18(17-13-8-6-9-14-17)15-10-11-16-22-19(20)21/h6,8-9,13-14,18H,2-5,7,10-12,15-16H2,1H3,(H,20,21). The molecule has 0 aromatic heterocycles. The van der Waals surface area contributed by atoms with E-state index >= 15 is 0 Å². The Morgan fingerprint density at radius 1 is 1.00 bits per heavy atom. The molecular weight excluding hydrogens is 276 g/mol. The fourth-order valence-electron chi connectivity index (χ4n) is 2.85. The highest BCUT2D eigenvalue weighted by atomic mass is 16.7. The number of rotatable bonds is 12. The first-order valence-electron chi connectivity index (χ1n) is 8.64. The largest absolute Gasteiger partial charge is 0.505 e. The van der Waals surface area contributed by atoms with Crippen molar-refractivity contribution in [1.82, 2.24) is 0 Å². The second kappa shape index (κ2) is 12.1. The molecule has 0 aliphatic heterocycles. The van der Waals surface area contributed by atoms with Gasteiger partial charge in [0.25, 0.3) is 0 Å². The van der Waals surface area contributed by atoms with Crippen molar-refractivity contribution in [3.8, 4) is 0 Å². The van der Waals surface area contributed by atoms with Crippen molar-refractivity contribution < 1.29 is 14.6 Å². The maximum Gasteiger partial charge on any atom is 0.505 e. The molecule has 0 aliphatic carbocycles. The SMILES string of the molecule is CCCCCCCC(CCCCOC(=O)O)c1ccccc1. The summed E-state index contributed by atoms with van der Waals surface area (Å²) in [6.07, 6.45) is 9.56. The van der Waals surface area contributed by atoms with Crippen molar-refractivity contribution in [2.24, 2.45) is 0 Å². The Morgan fingerprint density at radius 2 is 1.64 bits per heavy atom. The van der Waals surface area contributed by atoms with Crippen molar-refractivity contribution in [1.29, 1.82) is 0 Å². The topological polar surface area (TPSA) is 46.5 Å². The van der Waals surface area contributed by atoms with Crippen LogP contribution in [0.1, 0.15) is 76.2 Å². The third kappa shape index (κ3) is 8.71. The van der Waals surface area contributed by atoms with Crippen LogP contribution in [-0.2, 0) is 4.74 Å². The number of hydrogen-bond donors (Lipinski definition) is 1. The summed E-state index contributed by atoms with van der Waals surface area (Å²) in [7, 11) is 0. The Morgan fingerprint density at radius 3 is 2.27 bits per heavy atom. The fourth-order valence-corrected chi connectivity index (χ4v) is 2.85. The van der Waals surface area contributed by atoms with Crippen molar-refractivity contribution >= 4 is 6.16 Å². The quantitative estimate of drug-likeness (QED) is 0.381. The molecule has 0 fully saturated rings. The molecular formula is C19H30O3. The molecule has 3 nitrogen and oxygen atoms in total. The van der Waals surface area contributed by atoms with E-state index in [1.807, 2.05) is 0 Å². The minimum absolute atomic E-state index is 0.313. The molecule has 0 heterocycles. The molecule has 0 amide bonds. The van der Waals surface area contributed by atoms with Gasteiger partial charge in [0, 0.05) is 0 Å². The minimum atomic E-state index is -1.17. The van der Waals surface area contributed by atoms with Gasteiger partial charge in [-0.3, -0.25) is 0 Å². The third-order valence-electron chi connectivity index (χ3n) is 4.10. The highest BCUT2D eigenvalue weighted by molar-refractivity contribution is 5.56. The minimum Gasteiger partial charge on any atom is -0.450 e. The lowest BCUT2D eigenvalue weighted by molar-refractivity contribution is 0.0898. The number of benzene rings is 1. The summed E-state index contributed by atoms with van der Waals surface area (Å²) in [5, 5.41) is 8.46. The first kappa shape index (κ1) is 18.5. The summed E-state index contributed by atoms with van der Waals surface area (Å²) in [4.78, 5) is 10.3. The van der Waals surface area contributed by atoms with Crippen LogP contribution in [0.5, 0.6) is 0 Å². The molecule has 1 N–H and O–H groups in total. The molecule has 0 saturated carbocycles. The zero-order valence-electron chi connectivity index (χ0n) is 13.8. The van der Waals surface area contributed by atoms with Crippen LogP contribution in [-0.4, -0.2) is 17.9 Å². The van der Waals surface area contributed by atoms with Gasteiger partial charge in [0.05, 0.1) is 6.61 Å². The summed E-state index contributed by atoms with van der Waals surface area (Å²) < 4.78 is 4.57. The second-order valence-electron chi connectivity index (χ2n) is 5.92. The van der Waals surface area contributed by atoms with Gasteiger partial charge in [-0.15, -0.1) is 0 Å². The Hall–Kier alpha value is -1.51. The molecule has 1 aromatic rings. The molecule has 0 saturated heterocycles. The molecule has 3 heteroatoms. The Balaban J connectivity index is 2.33. The van der Waals surface area contributed by atoms with E-state index in [2.05, 4.69) is 42.0 Å². The van der Waals surface area contributed by atoms with Crippen LogP contribution in [0.3, 0.4) is 0 Å². The monoisotopic (exact) mass is 306 g/mol. The van der Waals surface area contributed by atoms with E-state index in [0.717, 1.165) is 19.3 Å². The van der Waals surface area contributed by atoms with Gasteiger partial charge < -0.3 is 9.84 Å². The van der Waals surface area contributed by atoms with E-state index in [-0.39, 0.29) is 0 Å². The smallest absolute Gasteiger partial charge is 0.450 e. The molecule has 1 rings (SSSR count). The number of carbonyl (C=O) groups is 1. The van der Waals surface area contributed by atoms with Gasteiger partial charge in [-0.05, 0) is 37.2 Å². The molecule has 1 atom stereocenters. The average molecular weight is 306 g/mol. The molecule has 0 spiro atoms. The highest BCUT2D eigenvalue weighted by Crippen LogP contribution is 2.28. The number of unbranched alkanes of at least 4 members (excludes halogenated alkanes) is 5. The molecule has 0 bridgehead atoms. The van der Waals surface area contributed by atoms with E-state index in [1.165, 1.54) is 44.1 Å². The van der Waals surface area contributed by atoms with Gasteiger partial charge in [0.2, 0.25) is 0 Å². The van der Waals surface area contributed by atoms with Crippen LogP contribution in [0, 0.1) is 0 Å². The number of ether oxygens (including phenoxy) is 1. The van der Waals surface area contributed by atoms with Crippen LogP contribution in [0.4, 0.5) is 4.79 Å². The van der Waals surface area contributed by atoms with Crippen LogP contribution in [0.25, 0.3) is 0 Å². The zero-order chi connectivity index (χ0) is 16.0. The van der Waals surface area contributed by atoms with E-state index in [1.54, 1.807) is 0 Å². The van der Waals surface area contributed by atoms with E-state index in [0.29, 0.717) is 12.5 Å². The van der Waals surface area contributed by atoms with Crippen LogP contribution >= 0.6 is 0 Å². The molecule has 1 aromatic carbocycles. The van der Waals surface area contributed by atoms with Crippen LogP contribution in [0.2, 0.25) is 0 Å². The van der Waals surface area contributed by atoms with E-state index in [9.17, 15) is 4.79 Å². The van der Waals surface area contributed by atoms with Crippen molar-refractivity contribution in [3.05, 3.63) is 35.9 Å². The van der Waals surface area contributed by atoms with E-state index in [4.69, 9.17) is 5.11 Å². The summed E-state index contributed by atoms with van der Waals surface area (Å²) in [6.45, 7) is 2.55. The lowest BCUT2D eigenvalue weighted by Crippen LogP contribution is -2.04. The first-order valence-corrected chi connectivity index (χ1v) is 8.64. The Bertz CT molecular complexity index is 389. The zero-order valence-corrected chi connectivity index (χ0v) is 13.8. The van der Waals surface area contributed by atoms with Gasteiger partial charge in [-0.25, -0.2) is 4.79 Å². The maximum absolute atomic E-state index is 10.3. The molecule has 22 heavy (non-hydrogen) atoms. The number of carboxylic acid groups (broad SMARTS) is 1. The van der Waals surface area contributed by atoms with Crippen LogP contribution < -0.4 is 0 Å². The normalized spacial score (nSPS) is 12.0. The maximum atomic E-state index is 10.3. The summed E-state index contributed by atoms with van der Waals surface area (Å²) in [5.41, 5.74) is 1.41. The van der Waals surface area contributed by atoms with Gasteiger partial charge in [0.15, 0.2) is 0 Å². The summed E-state index contributed by atoms with van der Waals surface area (Å²) in [5.74, 6) is 0.590. The van der Waals surface area contributed by atoms with Gasteiger partial charge >= 0.3 is 6.16 Å². The fraction of sp³-hybridized carbons (Fsp3) is 0.632. The van der Waals surface area contributed by atoms with Crippen molar-refractivity contribution in [2.75, 3.05) is 6.61 Å². The third-order valence-corrected chi connectivity index (χ3v) is 4.10. The molecule has 0 radical (unpaired) electrons. The molecule has 124 valence electrons. The van der Waals surface area contributed by atoms with Gasteiger partial charge in [0.1, 0.15) is 0 Å². The Kier molecular flexibility index (Phi) is 10.2. The van der Waals surface area contributed by atoms with Crippen molar-refractivity contribution in [3.63, 3.8) is 0 Å². The van der Waals surface area contributed by atoms with Crippen molar-refractivity contribution in [2.45, 2.75) is 70.6 Å². The van der Waals surface area contributed by atoms with Gasteiger partial charge in [-0.2, -0.15) is 0 Å².